The largest absolute Gasteiger partial charge is 0.324 e. The van der Waals surface area contributed by atoms with E-state index >= 15 is 0 Å². The molecule has 0 aliphatic rings. The third kappa shape index (κ3) is 4.76. The number of sulfonamides is 1. The lowest BCUT2D eigenvalue weighted by Gasteiger charge is -2.30. The highest BCUT2D eigenvalue weighted by molar-refractivity contribution is 7.92. The Hall–Kier alpha value is -2.48. The first-order chi connectivity index (χ1) is 11.7. The summed E-state index contributed by atoms with van der Waals surface area (Å²) in [4.78, 5) is 12.6. The van der Waals surface area contributed by atoms with Crippen LogP contribution in [0.3, 0.4) is 0 Å². The molecule has 2 aromatic rings. The van der Waals surface area contributed by atoms with Gasteiger partial charge in [-0.25, -0.2) is 17.2 Å². The van der Waals surface area contributed by atoms with E-state index in [0.29, 0.717) is 5.69 Å². The van der Waals surface area contributed by atoms with Gasteiger partial charge in [0, 0.05) is 5.69 Å². The maximum atomic E-state index is 13.1. The molecule has 5 nitrogen and oxygen atoms in total. The number of rotatable bonds is 6. The number of halogens is 2. The Labute approximate surface area is 145 Å². The van der Waals surface area contributed by atoms with Gasteiger partial charge in [-0.3, -0.25) is 9.10 Å². The number of hydrogen-bond acceptors (Lipinski definition) is 3. The van der Waals surface area contributed by atoms with Crippen LogP contribution >= 0.6 is 0 Å². The fraction of sp³-hybridized carbons (Fsp3) is 0.235. The minimum atomic E-state index is -3.80. The second-order valence-electron chi connectivity index (χ2n) is 5.46. The molecular weight excluding hydrogens is 350 g/mol. The smallest absolute Gasteiger partial charge is 0.248 e. The number of amides is 1. The summed E-state index contributed by atoms with van der Waals surface area (Å²) in [7, 11) is -3.80. The second-order valence-corrected chi connectivity index (χ2v) is 7.31. The van der Waals surface area contributed by atoms with Gasteiger partial charge in [0.05, 0.1) is 11.9 Å². The summed E-state index contributed by atoms with van der Waals surface area (Å²) < 4.78 is 51.5. The third-order valence-electron chi connectivity index (χ3n) is 3.52. The standard InChI is InChI=1S/C17H18F2N2O3S/c1-3-16(17(22)20-14-8-4-12(18)5-9-14)21(25(2,23)24)15-10-6-13(19)7-11-15/h4-11,16H,3H2,1-2H3,(H,20,22)/t16-/m0/s1. The zero-order valence-electron chi connectivity index (χ0n) is 13.7. The van der Waals surface area contributed by atoms with Gasteiger partial charge >= 0.3 is 0 Å². The Bertz CT molecular complexity index is 837. The number of carbonyl (C=O) groups excluding carboxylic acids is 1. The minimum Gasteiger partial charge on any atom is -0.324 e. The number of nitrogens with zero attached hydrogens (tertiary/aromatic N) is 1. The molecule has 1 atom stereocenters. The average molecular weight is 368 g/mol. The summed E-state index contributed by atoms with van der Waals surface area (Å²) in [5, 5.41) is 2.57. The maximum absolute atomic E-state index is 13.1. The first-order valence-corrected chi connectivity index (χ1v) is 9.38. The zero-order chi connectivity index (χ0) is 18.6. The van der Waals surface area contributed by atoms with Crippen LogP contribution in [0.25, 0.3) is 0 Å². The molecule has 1 N–H and O–H groups in total. The van der Waals surface area contributed by atoms with Gasteiger partial charge in [-0.05, 0) is 55.0 Å². The van der Waals surface area contributed by atoms with Gasteiger partial charge < -0.3 is 5.32 Å². The lowest BCUT2D eigenvalue weighted by Crippen LogP contribution is -2.47. The van der Waals surface area contributed by atoms with E-state index < -0.39 is 33.6 Å². The Kier molecular flexibility index (Phi) is 5.73. The Morgan fingerprint density at radius 3 is 1.96 bits per heavy atom. The molecule has 25 heavy (non-hydrogen) atoms. The zero-order valence-corrected chi connectivity index (χ0v) is 14.6. The first-order valence-electron chi connectivity index (χ1n) is 7.53. The lowest BCUT2D eigenvalue weighted by molar-refractivity contribution is -0.117. The summed E-state index contributed by atoms with van der Waals surface area (Å²) in [5.41, 5.74) is 0.530. The van der Waals surface area contributed by atoms with Gasteiger partial charge in [-0.15, -0.1) is 0 Å². The second kappa shape index (κ2) is 7.60. The normalized spacial score (nSPS) is 12.5. The number of anilines is 2. The first kappa shape index (κ1) is 18.9. The van der Waals surface area contributed by atoms with Crippen LogP contribution in [0.5, 0.6) is 0 Å². The van der Waals surface area contributed by atoms with Crippen LogP contribution < -0.4 is 9.62 Å². The summed E-state index contributed by atoms with van der Waals surface area (Å²) in [5.74, 6) is -1.53. The maximum Gasteiger partial charge on any atom is 0.248 e. The van der Waals surface area contributed by atoms with Crippen molar-refractivity contribution in [2.45, 2.75) is 19.4 Å². The number of nitrogens with one attached hydrogen (secondary N) is 1. The highest BCUT2D eigenvalue weighted by Gasteiger charge is 2.31. The van der Waals surface area contributed by atoms with Crippen LogP contribution in [0, 0.1) is 11.6 Å². The van der Waals surface area contributed by atoms with E-state index in [9.17, 15) is 22.0 Å². The SMILES string of the molecule is CC[C@@H](C(=O)Nc1ccc(F)cc1)N(c1ccc(F)cc1)S(C)(=O)=O. The van der Waals surface area contributed by atoms with Gasteiger partial charge in [-0.2, -0.15) is 0 Å². The van der Waals surface area contributed by atoms with Crippen LogP contribution in [0.2, 0.25) is 0 Å². The van der Waals surface area contributed by atoms with E-state index in [4.69, 9.17) is 0 Å². The van der Waals surface area contributed by atoms with E-state index in [2.05, 4.69) is 5.32 Å². The molecule has 0 fully saturated rings. The van der Waals surface area contributed by atoms with E-state index in [1.54, 1.807) is 6.92 Å². The van der Waals surface area contributed by atoms with Gasteiger partial charge in [0.15, 0.2) is 0 Å². The van der Waals surface area contributed by atoms with Crippen LogP contribution in [0.1, 0.15) is 13.3 Å². The van der Waals surface area contributed by atoms with E-state index in [1.807, 2.05) is 0 Å². The molecule has 2 aromatic carbocycles. The van der Waals surface area contributed by atoms with E-state index in [0.717, 1.165) is 22.7 Å². The quantitative estimate of drug-likeness (QED) is 0.852. The average Bonchev–Trinajstić information content (AvgIpc) is 2.54. The molecule has 0 bridgehead atoms. The van der Waals surface area contributed by atoms with Crippen molar-refractivity contribution >= 4 is 27.3 Å². The predicted molar refractivity (Wildman–Crippen MR) is 92.8 cm³/mol. The number of carbonyl (C=O) groups is 1. The fourth-order valence-electron chi connectivity index (χ4n) is 2.41. The third-order valence-corrected chi connectivity index (χ3v) is 4.70. The van der Waals surface area contributed by atoms with Crippen LogP contribution in [0.15, 0.2) is 48.5 Å². The van der Waals surface area contributed by atoms with Crippen molar-refractivity contribution in [2.75, 3.05) is 15.9 Å². The topological polar surface area (TPSA) is 66.5 Å². The molecule has 0 unspecified atom stereocenters. The van der Waals surface area contributed by atoms with E-state index in [-0.39, 0.29) is 12.1 Å². The van der Waals surface area contributed by atoms with Crippen molar-refractivity contribution in [3.8, 4) is 0 Å². The highest BCUT2D eigenvalue weighted by atomic mass is 32.2. The van der Waals surface area contributed by atoms with Gasteiger partial charge in [-0.1, -0.05) is 6.92 Å². The highest BCUT2D eigenvalue weighted by Crippen LogP contribution is 2.23. The van der Waals surface area contributed by atoms with Gasteiger partial charge in [0.25, 0.3) is 0 Å². The monoisotopic (exact) mass is 368 g/mol. The molecule has 0 radical (unpaired) electrons. The Morgan fingerprint density at radius 1 is 1.04 bits per heavy atom. The van der Waals surface area contributed by atoms with Crippen molar-refractivity contribution in [3.05, 3.63) is 60.2 Å². The molecule has 0 aromatic heterocycles. The molecule has 0 aliphatic carbocycles. The summed E-state index contributed by atoms with van der Waals surface area (Å²) in [6.07, 6.45) is 1.17. The van der Waals surface area contributed by atoms with Crippen molar-refractivity contribution < 1.29 is 22.0 Å². The molecule has 1 amide bonds. The van der Waals surface area contributed by atoms with E-state index in [1.165, 1.54) is 36.4 Å². The minimum absolute atomic E-state index is 0.185. The van der Waals surface area contributed by atoms with Crippen molar-refractivity contribution in [1.82, 2.24) is 0 Å². The van der Waals surface area contributed by atoms with Crippen LogP contribution in [0.4, 0.5) is 20.2 Å². The molecule has 0 saturated carbocycles. The summed E-state index contributed by atoms with van der Waals surface area (Å²) >= 11 is 0. The molecule has 0 aliphatic heterocycles. The molecule has 0 saturated heterocycles. The van der Waals surface area contributed by atoms with Crippen molar-refractivity contribution in [1.29, 1.82) is 0 Å². The van der Waals surface area contributed by atoms with Crippen LogP contribution in [-0.2, 0) is 14.8 Å². The molecule has 0 spiro atoms. The molecular formula is C17H18F2N2O3S. The fourth-order valence-corrected chi connectivity index (χ4v) is 3.62. The number of hydrogen-bond donors (Lipinski definition) is 1. The lowest BCUT2D eigenvalue weighted by atomic mass is 10.1. The predicted octanol–water partition coefficient (Wildman–Crippen LogP) is 3.15. The van der Waals surface area contributed by atoms with Gasteiger partial charge in [0.1, 0.15) is 17.7 Å². The molecule has 134 valence electrons. The Balaban J connectivity index is 2.34. The van der Waals surface area contributed by atoms with Crippen LogP contribution in [-0.4, -0.2) is 26.6 Å². The van der Waals surface area contributed by atoms with Crippen molar-refractivity contribution in [3.63, 3.8) is 0 Å². The molecule has 8 heteroatoms. The summed E-state index contributed by atoms with van der Waals surface area (Å²) in [6.45, 7) is 1.66. The number of benzene rings is 2. The molecule has 2 rings (SSSR count). The molecule has 0 heterocycles. The van der Waals surface area contributed by atoms with Gasteiger partial charge in [0.2, 0.25) is 15.9 Å². The summed E-state index contributed by atoms with van der Waals surface area (Å²) in [6, 6.07) is 8.93. The van der Waals surface area contributed by atoms with Crippen molar-refractivity contribution in [2.24, 2.45) is 0 Å². The Morgan fingerprint density at radius 2 is 1.52 bits per heavy atom.